The van der Waals surface area contributed by atoms with Gasteiger partial charge in [-0.2, -0.15) is 10.5 Å². The van der Waals surface area contributed by atoms with Crippen LogP contribution in [0.1, 0.15) is 28.8 Å². The van der Waals surface area contributed by atoms with Crippen LogP contribution in [0.4, 0.5) is 0 Å². The molecule has 0 amide bonds. The molecule has 0 saturated heterocycles. The second-order valence-electron chi connectivity index (χ2n) is 9.18. The highest BCUT2D eigenvalue weighted by molar-refractivity contribution is 6.33. The summed E-state index contributed by atoms with van der Waals surface area (Å²) in [5.74, 6) is 0.507. The molecule has 0 fully saturated rings. The largest absolute Gasteiger partial charge is 0.338 e. The predicted octanol–water partition coefficient (Wildman–Crippen LogP) is 6.84. The minimum atomic E-state index is 0.408. The average Bonchev–Trinajstić information content (AvgIpc) is 3.54. The number of imidazole rings is 2. The zero-order valence-corrected chi connectivity index (χ0v) is 20.8. The molecule has 37 heavy (non-hydrogen) atoms. The number of aromatic nitrogens is 4. The van der Waals surface area contributed by atoms with Gasteiger partial charge in [-0.3, -0.25) is 0 Å². The van der Waals surface area contributed by atoms with Crippen molar-refractivity contribution < 1.29 is 0 Å². The molecule has 0 bridgehead atoms. The highest BCUT2D eigenvalue weighted by atomic mass is 35.5. The van der Waals surface area contributed by atoms with E-state index in [1.54, 1.807) is 18.2 Å². The standard InChI is InChI=1S/C30H21ClN6/c1-37-17-34-16-22(37)7-2-4-18-8-10-23-25(12-18)26-13-21(31)9-11-24(26)29-28(23)35-30(36-29)27-19(14-32)5-3-6-20(27)15-33/h3,5-6,8-13,16-17H,2,4,7H2,1H3,(H,35,36). The van der Waals surface area contributed by atoms with Crippen molar-refractivity contribution in [1.29, 1.82) is 10.5 Å². The number of H-pyrrole nitrogens is 1. The van der Waals surface area contributed by atoms with Crippen molar-refractivity contribution in [2.24, 2.45) is 7.05 Å². The van der Waals surface area contributed by atoms with Gasteiger partial charge in [-0.25, -0.2) is 9.97 Å². The van der Waals surface area contributed by atoms with Gasteiger partial charge in [-0.15, -0.1) is 0 Å². The van der Waals surface area contributed by atoms with Crippen LogP contribution in [-0.2, 0) is 19.9 Å². The first-order valence-corrected chi connectivity index (χ1v) is 12.4. The van der Waals surface area contributed by atoms with Gasteiger partial charge >= 0.3 is 0 Å². The molecule has 6 nitrogen and oxygen atoms in total. The van der Waals surface area contributed by atoms with E-state index in [0.717, 1.165) is 51.8 Å². The predicted molar refractivity (Wildman–Crippen MR) is 146 cm³/mol. The summed E-state index contributed by atoms with van der Waals surface area (Å²) in [6.45, 7) is 0. The third-order valence-electron chi connectivity index (χ3n) is 6.94. The summed E-state index contributed by atoms with van der Waals surface area (Å²) in [5, 5.41) is 24.2. The molecule has 0 aliphatic heterocycles. The zero-order chi connectivity index (χ0) is 25.5. The third kappa shape index (κ3) is 3.89. The minimum Gasteiger partial charge on any atom is -0.338 e. The monoisotopic (exact) mass is 500 g/mol. The van der Waals surface area contributed by atoms with Gasteiger partial charge in [-0.05, 0) is 59.9 Å². The van der Waals surface area contributed by atoms with E-state index in [1.165, 1.54) is 11.3 Å². The lowest BCUT2D eigenvalue weighted by molar-refractivity contribution is 0.747. The fourth-order valence-corrected chi connectivity index (χ4v) is 5.28. The van der Waals surface area contributed by atoms with Gasteiger partial charge in [-0.1, -0.05) is 41.9 Å². The Kier molecular flexibility index (Phi) is 5.60. The number of nitrogens with zero attached hydrogens (tertiary/aromatic N) is 5. The van der Waals surface area contributed by atoms with Crippen LogP contribution in [0, 0.1) is 22.7 Å². The summed E-state index contributed by atoms with van der Waals surface area (Å²) < 4.78 is 2.06. The Bertz CT molecular complexity index is 1880. The topological polar surface area (TPSA) is 94.1 Å². The Labute approximate surface area is 218 Å². The normalized spacial score (nSPS) is 11.2. The number of rotatable bonds is 5. The first-order chi connectivity index (χ1) is 18.1. The molecule has 0 aliphatic rings. The van der Waals surface area contributed by atoms with Gasteiger partial charge in [0, 0.05) is 34.7 Å². The molecular formula is C30H21ClN6. The lowest BCUT2D eigenvalue weighted by Gasteiger charge is -2.09. The summed E-state index contributed by atoms with van der Waals surface area (Å²) in [6, 6.07) is 21.9. The van der Waals surface area contributed by atoms with Crippen LogP contribution in [0.3, 0.4) is 0 Å². The van der Waals surface area contributed by atoms with Gasteiger partial charge in [0.25, 0.3) is 0 Å². The van der Waals surface area contributed by atoms with Crippen molar-refractivity contribution in [2.75, 3.05) is 0 Å². The van der Waals surface area contributed by atoms with Crippen LogP contribution in [0.5, 0.6) is 0 Å². The highest BCUT2D eigenvalue weighted by Crippen LogP contribution is 2.38. The second-order valence-corrected chi connectivity index (χ2v) is 9.62. The highest BCUT2D eigenvalue weighted by Gasteiger charge is 2.18. The summed E-state index contributed by atoms with van der Waals surface area (Å²) >= 11 is 6.44. The summed E-state index contributed by atoms with van der Waals surface area (Å²) in [7, 11) is 2.02. The van der Waals surface area contributed by atoms with E-state index < -0.39 is 0 Å². The first kappa shape index (κ1) is 22.8. The van der Waals surface area contributed by atoms with Gasteiger partial charge in [0.2, 0.25) is 0 Å². The Balaban J connectivity index is 1.52. The van der Waals surface area contributed by atoms with Crippen LogP contribution in [-0.4, -0.2) is 19.5 Å². The number of benzene rings is 4. The van der Waals surface area contributed by atoms with Crippen LogP contribution in [0.2, 0.25) is 5.02 Å². The van der Waals surface area contributed by atoms with E-state index in [9.17, 15) is 10.5 Å². The molecule has 0 atom stereocenters. The maximum atomic E-state index is 9.71. The molecule has 178 valence electrons. The number of nitrogens with one attached hydrogen (secondary N) is 1. The van der Waals surface area contributed by atoms with Crippen molar-refractivity contribution in [3.63, 3.8) is 0 Å². The van der Waals surface area contributed by atoms with E-state index in [0.29, 0.717) is 27.5 Å². The maximum Gasteiger partial charge on any atom is 0.141 e. The first-order valence-electron chi connectivity index (χ1n) is 12.0. The molecule has 2 aromatic heterocycles. The Morgan fingerprint density at radius 3 is 2.41 bits per heavy atom. The molecule has 6 rings (SSSR count). The van der Waals surface area contributed by atoms with Crippen molar-refractivity contribution in [1.82, 2.24) is 19.5 Å². The fraction of sp³-hybridized carbons (Fsp3) is 0.133. The number of hydrogen-bond donors (Lipinski definition) is 1. The molecule has 4 aromatic carbocycles. The smallest absolute Gasteiger partial charge is 0.141 e. The SMILES string of the molecule is Cn1cncc1CCCc1ccc2c(c1)c1cc(Cl)ccc1c1nc(-c3c(C#N)cccc3C#N)[nH]c21. The maximum absolute atomic E-state index is 9.71. The van der Waals surface area contributed by atoms with Crippen molar-refractivity contribution in [3.8, 4) is 23.5 Å². The van der Waals surface area contributed by atoms with E-state index >= 15 is 0 Å². The summed E-state index contributed by atoms with van der Waals surface area (Å²) in [6.07, 6.45) is 6.67. The molecule has 0 aliphatic carbocycles. The lowest BCUT2D eigenvalue weighted by Crippen LogP contribution is -1.96. The molecule has 0 spiro atoms. The number of fused-ring (bicyclic) bond motifs is 6. The Hall–Kier alpha value is -4.65. The molecule has 0 unspecified atom stereocenters. The van der Waals surface area contributed by atoms with Crippen molar-refractivity contribution >= 4 is 44.2 Å². The number of nitriles is 2. The zero-order valence-electron chi connectivity index (χ0n) is 20.1. The molecule has 1 N–H and O–H groups in total. The van der Waals surface area contributed by atoms with Crippen LogP contribution >= 0.6 is 11.6 Å². The number of halogens is 1. The van der Waals surface area contributed by atoms with E-state index in [4.69, 9.17) is 16.6 Å². The fourth-order valence-electron chi connectivity index (χ4n) is 5.11. The summed E-state index contributed by atoms with van der Waals surface area (Å²) in [5.41, 5.74) is 5.46. The van der Waals surface area contributed by atoms with Crippen molar-refractivity contribution in [2.45, 2.75) is 19.3 Å². The Morgan fingerprint density at radius 2 is 1.68 bits per heavy atom. The summed E-state index contributed by atoms with van der Waals surface area (Å²) in [4.78, 5) is 12.6. The van der Waals surface area contributed by atoms with Crippen LogP contribution in [0.25, 0.3) is 44.0 Å². The van der Waals surface area contributed by atoms with E-state index in [-0.39, 0.29) is 0 Å². The Morgan fingerprint density at radius 1 is 0.919 bits per heavy atom. The lowest BCUT2D eigenvalue weighted by atomic mass is 9.96. The molecular weight excluding hydrogens is 480 g/mol. The number of aromatic amines is 1. The molecule has 6 aromatic rings. The average molecular weight is 501 g/mol. The van der Waals surface area contributed by atoms with Gasteiger partial charge < -0.3 is 9.55 Å². The molecule has 0 radical (unpaired) electrons. The molecule has 7 heteroatoms. The number of aryl methyl sites for hydroxylation is 3. The van der Waals surface area contributed by atoms with Crippen LogP contribution in [0.15, 0.2) is 67.1 Å². The minimum absolute atomic E-state index is 0.408. The molecule has 2 heterocycles. The third-order valence-corrected chi connectivity index (χ3v) is 7.18. The van der Waals surface area contributed by atoms with Crippen LogP contribution < -0.4 is 0 Å². The van der Waals surface area contributed by atoms with Gasteiger partial charge in [0.05, 0.1) is 46.2 Å². The quantitative estimate of drug-likeness (QED) is 0.262. The number of hydrogen-bond acceptors (Lipinski definition) is 4. The van der Waals surface area contributed by atoms with Gasteiger partial charge in [0.15, 0.2) is 0 Å². The van der Waals surface area contributed by atoms with Gasteiger partial charge in [0.1, 0.15) is 5.82 Å². The van der Waals surface area contributed by atoms with Crippen molar-refractivity contribution in [3.05, 3.63) is 94.5 Å². The van der Waals surface area contributed by atoms with E-state index in [2.05, 4.69) is 44.9 Å². The second kappa shape index (κ2) is 9.09. The molecule has 0 saturated carbocycles. The van der Waals surface area contributed by atoms with E-state index in [1.807, 2.05) is 37.8 Å².